The van der Waals surface area contributed by atoms with E-state index in [1.54, 1.807) is 0 Å². The highest BCUT2D eigenvalue weighted by Gasteiger charge is 2.46. The van der Waals surface area contributed by atoms with Crippen LogP contribution >= 0.6 is 0 Å². The van der Waals surface area contributed by atoms with Gasteiger partial charge in [0.1, 0.15) is 0 Å². The van der Waals surface area contributed by atoms with Crippen molar-refractivity contribution in [3.05, 3.63) is 326 Å². The lowest BCUT2D eigenvalue weighted by atomic mass is 9.67. The highest BCUT2D eigenvalue weighted by atomic mass is 15.2. The normalized spacial score (nSPS) is 12.2. The summed E-state index contributed by atoms with van der Waals surface area (Å²) in [6.45, 7) is 0. The van der Waals surface area contributed by atoms with Gasteiger partial charge in [-0.2, -0.15) is 0 Å². The van der Waals surface area contributed by atoms with Crippen molar-refractivity contribution in [1.82, 2.24) is 0 Å². The number of hydrogen-bond donors (Lipinski definition) is 0. The average Bonchev–Trinajstić information content (AvgIpc) is 3.77. The van der Waals surface area contributed by atoms with Crippen molar-refractivity contribution >= 4 is 44.9 Å². The predicted octanol–water partition coefficient (Wildman–Crippen LogP) is 19.1. The number of benzene rings is 12. The fourth-order valence-corrected chi connectivity index (χ4v) is 11.5. The maximum absolute atomic E-state index is 2.47. The molecule has 0 bridgehead atoms. The maximum Gasteiger partial charge on any atom is 0.0714 e. The van der Waals surface area contributed by atoms with Gasteiger partial charge in [-0.1, -0.05) is 237 Å². The summed E-state index contributed by atoms with van der Waals surface area (Å²) in [7, 11) is 0. The quantitative estimate of drug-likeness (QED) is 0.128. The Morgan fingerprint density at radius 3 is 1.21 bits per heavy atom. The van der Waals surface area contributed by atoms with Crippen molar-refractivity contribution in [2.45, 2.75) is 5.41 Å². The van der Waals surface area contributed by atoms with E-state index in [0.29, 0.717) is 0 Å². The van der Waals surface area contributed by atoms with Crippen molar-refractivity contribution in [2.75, 3.05) is 9.80 Å². The summed E-state index contributed by atoms with van der Waals surface area (Å²) in [6, 6.07) is 111. The van der Waals surface area contributed by atoms with E-state index in [9.17, 15) is 0 Å². The molecule has 0 fully saturated rings. The fourth-order valence-electron chi connectivity index (χ4n) is 11.5. The molecule has 0 saturated heterocycles. The molecule has 13 rings (SSSR count). The molecule has 0 spiro atoms. The maximum atomic E-state index is 2.47. The first kappa shape index (κ1) is 43.5. The molecule has 12 aromatic carbocycles. The van der Waals surface area contributed by atoms with E-state index in [-0.39, 0.29) is 0 Å². The van der Waals surface area contributed by atoms with Crippen molar-refractivity contribution < 1.29 is 0 Å². The predicted molar refractivity (Wildman–Crippen MR) is 307 cm³/mol. The van der Waals surface area contributed by atoms with Gasteiger partial charge in [-0.15, -0.1) is 0 Å². The topological polar surface area (TPSA) is 6.48 Å². The number of anilines is 6. The molecule has 1 aliphatic rings. The third-order valence-corrected chi connectivity index (χ3v) is 14.7. The lowest BCUT2D eigenvalue weighted by Gasteiger charge is -2.35. The van der Waals surface area contributed by atoms with Crippen LogP contribution in [-0.4, -0.2) is 0 Å². The Kier molecular flexibility index (Phi) is 11.1. The summed E-state index contributed by atoms with van der Waals surface area (Å²) in [4.78, 5) is 4.89. The van der Waals surface area contributed by atoms with Crippen LogP contribution in [0.15, 0.2) is 303 Å². The van der Waals surface area contributed by atoms with Crippen LogP contribution in [0, 0.1) is 0 Å². The number of rotatable bonds is 11. The van der Waals surface area contributed by atoms with Gasteiger partial charge in [-0.3, -0.25) is 0 Å². The Morgan fingerprint density at radius 2 is 0.644 bits per heavy atom. The standard InChI is InChI=1S/C71H50N2/c1-7-25-52(26-8-1)64-39-23-40-65(53-27-9-2-10-28-53)70(64)55-47-62(72(58-34-15-5-16-35-58)60-43-42-51-24-19-20-29-54(51)46-60)49-63(48-55)73(59-36-17-6-18-37-59)61-44-45-67-66-38-21-22-41-68(66)71(69(67)50-61,56-30-11-3-12-31-56)57-32-13-4-14-33-57/h1-50H. The second-order valence-electron chi connectivity index (χ2n) is 18.8. The Bertz CT molecular complexity index is 3790. The first-order chi connectivity index (χ1) is 36.2. The first-order valence-electron chi connectivity index (χ1n) is 25.2. The molecule has 344 valence electrons. The lowest BCUT2D eigenvalue weighted by Crippen LogP contribution is -2.28. The second kappa shape index (κ2) is 18.7. The second-order valence-corrected chi connectivity index (χ2v) is 18.8. The van der Waals surface area contributed by atoms with E-state index < -0.39 is 5.41 Å². The van der Waals surface area contributed by atoms with Crippen LogP contribution in [0.3, 0.4) is 0 Å². The Hall–Kier alpha value is -9.50. The summed E-state index contributed by atoms with van der Waals surface area (Å²) in [5.41, 5.74) is 20.2. The molecule has 0 aromatic heterocycles. The van der Waals surface area contributed by atoms with Gasteiger partial charge < -0.3 is 9.80 Å². The minimum atomic E-state index is -0.570. The zero-order valence-electron chi connectivity index (χ0n) is 40.3. The number of nitrogens with zero attached hydrogens (tertiary/aromatic N) is 2. The monoisotopic (exact) mass is 930 g/mol. The Labute approximate surface area is 428 Å². The summed E-state index contributed by atoms with van der Waals surface area (Å²) in [5.74, 6) is 0. The highest BCUT2D eigenvalue weighted by Crippen LogP contribution is 2.58. The molecule has 12 aromatic rings. The molecule has 0 atom stereocenters. The van der Waals surface area contributed by atoms with Crippen LogP contribution in [0.2, 0.25) is 0 Å². The third kappa shape index (κ3) is 7.69. The van der Waals surface area contributed by atoms with Gasteiger partial charge >= 0.3 is 0 Å². The molecule has 0 radical (unpaired) electrons. The van der Waals surface area contributed by atoms with Gasteiger partial charge in [-0.25, -0.2) is 0 Å². The van der Waals surface area contributed by atoms with E-state index in [1.165, 1.54) is 60.8 Å². The van der Waals surface area contributed by atoms with E-state index in [1.807, 2.05) is 0 Å². The minimum Gasteiger partial charge on any atom is -0.310 e. The molecule has 0 N–H and O–H groups in total. The van der Waals surface area contributed by atoms with Gasteiger partial charge in [0.05, 0.1) is 5.41 Å². The van der Waals surface area contributed by atoms with Crippen LogP contribution in [0.1, 0.15) is 22.3 Å². The van der Waals surface area contributed by atoms with Gasteiger partial charge in [-0.05, 0) is 144 Å². The van der Waals surface area contributed by atoms with Crippen LogP contribution in [0.5, 0.6) is 0 Å². The number of hydrogen-bond acceptors (Lipinski definition) is 2. The Balaban J connectivity index is 1.12. The molecular formula is C71H50N2. The molecule has 0 amide bonds. The van der Waals surface area contributed by atoms with E-state index in [4.69, 9.17) is 0 Å². The summed E-state index contributed by atoms with van der Waals surface area (Å²) in [6.07, 6.45) is 0. The van der Waals surface area contributed by atoms with Gasteiger partial charge in [0.2, 0.25) is 0 Å². The molecule has 2 heteroatoms. The number of fused-ring (bicyclic) bond motifs is 4. The van der Waals surface area contributed by atoms with Gasteiger partial charge in [0, 0.05) is 34.1 Å². The molecule has 0 unspecified atom stereocenters. The van der Waals surface area contributed by atoms with E-state index in [2.05, 4.69) is 313 Å². The zero-order valence-corrected chi connectivity index (χ0v) is 40.3. The molecule has 2 nitrogen and oxygen atoms in total. The molecule has 0 saturated carbocycles. The van der Waals surface area contributed by atoms with Crippen molar-refractivity contribution in [3.63, 3.8) is 0 Å². The first-order valence-corrected chi connectivity index (χ1v) is 25.2. The lowest BCUT2D eigenvalue weighted by molar-refractivity contribution is 0.768. The zero-order chi connectivity index (χ0) is 48.6. The molecule has 0 heterocycles. The average molecular weight is 931 g/mol. The molecule has 73 heavy (non-hydrogen) atoms. The Morgan fingerprint density at radius 1 is 0.219 bits per heavy atom. The number of para-hydroxylation sites is 2. The SMILES string of the molecule is c1ccc(-c2cccc(-c3ccccc3)c2-c2cc(N(c3ccccc3)c3ccc4c(c3)C(c3ccccc3)(c3ccccc3)c3ccccc3-4)cc(N(c3ccccc3)c3ccc4ccccc4c3)c2)cc1. The molecule has 1 aliphatic carbocycles. The third-order valence-electron chi connectivity index (χ3n) is 14.7. The van der Waals surface area contributed by atoms with Crippen molar-refractivity contribution in [2.24, 2.45) is 0 Å². The summed E-state index contributed by atoms with van der Waals surface area (Å²) < 4.78 is 0. The van der Waals surface area contributed by atoms with Gasteiger partial charge in [0.25, 0.3) is 0 Å². The van der Waals surface area contributed by atoms with Gasteiger partial charge in [0.15, 0.2) is 0 Å². The molecule has 0 aliphatic heterocycles. The van der Waals surface area contributed by atoms with Crippen molar-refractivity contribution in [3.8, 4) is 44.5 Å². The van der Waals surface area contributed by atoms with Crippen LogP contribution in [0.25, 0.3) is 55.3 Å². The van der Waals surface area contributed by atoms with E-state index >= 15 is 0 Å². The smallest absolute Gasteiger partial charge is 0.0714 e. The largest absolute Gasteiger partial charge is 0.310 e. The van der Waals surface area contributed by atoms with Crippen molar-refractivity contribution in [1.29, 1.82) is 0 Å². The fraction of sp³-hybridized carbons (Fsp3) is 0.0141. The summed E-state index contributed by atoms with van der Waals surface area (Å²) in [5, 5.41) is 2.39. The highest BCUT2D eigenvalue weighted by molar-refractivity contribution is 5.99. The summed E-state index contributed by atoms with van der Waals surface area (Å²) >= 11 is 0. The minimum absolute atomic E-state index is 0.570. The van der Waals surface area contributed by atoms with Crippen LogP contribution < -0.4 is 9.80 Å². The molecular weight excluding hydrogens is 881 g/mol. The van der Waals surface area contributed by atoms with E-state index in [0.717, 1.165) is 50.8 Å². The van der Waals surface area contributed by atoms with Crippen LogP contribution in [0.4, 0.5) is 34.1 Å². The van der Waals surface area contributed by atoms with Crippen LogP contribution in [-0.2, 0) is 5.41 Å².